The molecule has 0 bridgehead atoms. The number of aromatic nitrogens is 2. The number of guanidine groups is 1. The summed E-state index contributed by atoms with van der Waals surface area (Å²) < 4.78 is 1.89. The molecule has 1 saturated heterocycles. The Hall–Kier alpha value is -0.830. The number of hydrogen-bond donors (Lipinski definition) is 2. The third kappa shape index (κ3) is 6.44. The molecule has 0 saturated carbocycles. The minimum atomic E-state index is 0. The third-order valence-electron chi connectivity index (χ3n) is 5.26. The Kier molecular flexibility index (Phi) is 10.4. The van der Waals surface area contributed by atoms with Gasteiger partial charge in [-0.2, -0.15) is 5.10 Å². The highest BCUT2D eigenvalue weighted by Crippen LogP contribution is 2.22. The van der Waals surface area contributed by atoms with Crippen LogP contribution in [0.4, 0.5) is 0 Å². The van der Waals surface area contributed by atoms with Crippen molar-refractivity contribution in [3.8, 4) is 0 Å². The maximum Gasteiger partial charge on any atom is 0.191 e. The molecule has 1 aliphatic heterocycles. The summed E-state index contributed by atoms with van der Waals surface area (Å²) in [4.78, 5) is 7.04. The van der Waals surface area contributed by atoms with Crippen molar-refractivity contribution in [3.63, 3.8) is 0 Å². The van der Waals surface area contributed by atoms with Gasteiger partial charge in [-0.3, -0.25) is 14.6 Å². The number of nitrogens with one attached hydrogen (secondary N) is 2. The number of aliphatic imine (C=N–C) groups is 1. The van der Waals surface area contributed by atoms with Crippen LogP contribution in [0, 0.1) is 5.92 Å². The zero-order chi connectivity index (χ0) is 17.4. The van der Waals surface area contributed by atoms with E-state index in [2.05, 4.69) is 39.5 Å². The Labute approximate surface area is 169 Å². The standard InChI is InChI=1S/C18H34N6.HI/c1-5-15(6-2)17(24-11-7-8-12-24)14-21-18(19-3)20-13-16-9-10-22-23(16)4;/h9-10,15,17H,5-8,11-14H2,1-4H3,(H2,19,20,21);1H. The van der Waals surface area contributed by atoms with Crippen LogP contribution < -0.4 is 10.6 Å². The first-order valence-electron chi connectivity index (χ1n) is 9.35. The van der Waals surface area contributed by atoms with E-state index in [4.69, 9.17) is 0 Å². The molecule has 144 valence electrons. The van der Waals surface area contributed by atoms with Gasteiger partial charge in [0.1, 0.15) is 0 Å². The topological polar surface area (TPSA) is 57.5 Å². The zero-order valence-corrected chi connectivity index (χ0v) is 18.5. The highest BCUT2D eigenvalue weighted by molar-refractivity contribution is 14.0. The molecule has 2 heterocycles. The molecule has 0 aliphatic carbocycles. The van der Waals surface area contributed by atoms with Gasteiger partial charge in [0.05, 0.1) is 12.2 Å². The lowest BCUT2D eigenvalue weighted by atomic mass is 9.93. The van der Waals surface area contributed by atoms with Crippen LogP contribution in [0.25, 0.3) is 0 Å². The Bertz CT molecular complexity index is 503. The second-order valence-corrected chi connectivity index (χ2v) is 6.64. The highest BCUT2D eigenvalue weighted by Gasteiger charge is 2.27. The van der Waals surface area contributed by atoms with Crippen LogP contribution in [0.3, 0.4) is 0 Å². The first kappa shape index (κ1) is 22.2. The van der Waals surface area contributed by atoms with Gasteiger partial charge >= 0.3 is 0 Å². The van der Waals surface area contributed by atoms with Crippen LogP contribution in [-0.4, -0.2) is 53.4 Å². The fraction of sp³-hybridized carbons (Fsp3) is 0.778. The second-order valence-electron chi connectivity index (χ2n) is 6.64. The molecule has 1 aromatic rings. The van der Waals surface area contributed by atoms with Crippen molar-refractivity contribution in [2.45, 2.75) is 52.1 Å². The summed E-state index contributed by atoms with van der Waals surface area (Å²) in [7, 11) is 3.80. The van der Waals surface area contributed by atoms with Gasteiger partial charge in [0.15, 0.2) is 5.96 Å². The van der Waals surface area contributed by atoms with Crippen LogP contribution in [0.2, 0.25) is 0 Å². The summed E-state index contributed by atoms with van der Waals surface area (Å²) in [5.41, 5.74) is 1.15. The van der Waals surface area contributed by atoms with Crippen LogP contribution >= 0.6 is 24.0 Å². The fourth-order valence-corrected chi connectivity index (χ4v) is 3.67. The minimum absolute atomic E-state index is 0. The predicted octanol–water partition coefficient (Wildman–Crippen LogP) is 2.60. The van der Waals surface area contributed by atoms with E-state index in [0.29, 0.717) is 6.04 Å². The van der Waals surface area contributed by atoms with Crippen molar-refractivity contribution >= 4 is 29.9 Å². The van der Waals surface area contributed by atoms with Crippen LogP contribution in [0.15, 0.2) is 17.3 Å². The van der Waals surface area contributed by atoms with E-state index in [1.54, 1.807) is 0 Å². The predicted molar refractivity (Wildman–Crippen MR) is 115 cm³/mol. The van der Waals surface area contributed by atoms with Gasteiger partial charge in [-0.25, -0.2) is 0 Å². The second kappa shape index (κ2) is 11.7. The van der Waals surface area contributed by atoms with Gasteiger partial charge in [0.25, 0.3) is 0 Å². The largest absolute Gasteiger partial charge is 0.355 e. The van der Waals surface area contributed by atoms with Crippen molar-refractivity contribution in [2.24, 2.45) is 18.0 Å². The Morgan fingerprint density at radius 2 is 1.92 bits per heavy atom. The average molecular weight is 462 g/mol. The number of rotatable bonds is 8. The third-order valence-corrected chi connectivity index (χ3v) is 5.26. The average Bonchev–Trinajstić information content (AvgIpc) is 3.26. The summed E-state index contributed by atoms with van der Waals surface area (Å²) in [6.45, 7) is 8.79. The maximum absolute atomic E-state index is 4.37. The number of hydrogen-bond acceptors (Lipinski definition) is 3. The SMILES string of the molecule is CCC(CC)C(CNC(=NC)NCc1ccnn1C)N1CCCC1.I. The van der Waals surface area contributed by atoms with E-state index in [1.165, 1.54) is 38.8 Å². The Morgan fingerprint density at radius 1 is 1.24 bits per heavy atom. The molecule has 1 atom stereocenters. The maximum atomic E-state index is 4.37. The molecular formula is C18H35IN6. The van der Waals surface area contributed by atoms with Crippen molar-refractivity contribution in [3.05, 3.63) is 18.0 Å². The van der Waals surface area contributed by atoms with E-state index in [-0.39, 0.29) is 24.0 Å². The Morgan fingerprint density at radius 3 is 2.44 bits per heavy atom. The van der Waals surface area contributed by atoms with E-state index < -0.39 is 0 Å². The van der Waals surface area contributed by atoms with E-state index >= 15 is 0 Å². The number of halogens is 1. The van der Waals surface area contributed by atoms with Crippen molar-refractivity contribution in [1.29, 1.82) is 0 Å². The first-order valence-corrected chi connectivity index (χ1v) is 9.35. The quantitative estimate of drug-likeness (QED) is 0.354. The van der Waals surface area contributed by atoms with Crippen molar-refractivity contribution in [2.75, 3.05) is 26.7 Å². The van der Waals surface area contributed by atoms with Gasteiger partial charge < -0.3 is 10.6 Å². The molecule has 0 amide bonds. The molecule has 0 radical (unpaired) electrons. The van der Waals surface area contributed by atoms with Gasteiger partial charge in [0, 0.05) is 32.9 Å². The molecule has 0 spiro atoms. The molecule has 7 heteroatoms. The van der Waals surface area contributed by atoms with Gasteiger partial charge in [-0.05, 0) is 37.9 Å². The van der Waals surface area contributed by atoms with Crippen molar-refractivity contribution in [1.82, 2.24) is 25.3 Å². The minimum Gasteiger partial charge on any atom is -0.355 e. The lowest BCUT2D eigenvalue weighted by Crippen LogP contribution is -2.49. The lowest BCUT2D eigenvalue weighted by molar-refractivity contribution is 0.166. The summed E-state index contributed by atoms with van der Waals surface area (Å²) in [6.07, 6.45) is 6.97. The molecule has 2 rings (SSSR count). The van der Waals surface area contributed by atoms with Gasteiger partial charge in [-0.1, -0.05) is 26.7 Å². The summed E-state index contributed by atoms with van der Waals surface area (Å²) in [5, 5.41) is 11.1. The molecule has 1 aliphatic rings. The summed E-state index contributed by atoms with van der Waals surface area (Å²) in [5.74, 6) is 1.61. The van der Waals surface area contributed by atoms with E-state index in [1.807, 2.05) is 31.0 Å². The smallest absolute Gasteiger partial charge is 0.191 e. The number of aryl methyl sites for hydroxylation is 1. The molecule has 2 N–H and O–H groups in total. The summed E-state index contributed by atoms with van der Waals surface area (Å²) >= 11 is 0. The van der Waals surface area contributed by atoms with Crippen LogP contribution in [-0.2, 0) is 13.6 Å². The number of likely N-dealkylation sites (tertiary alicyclic amines) is 1. The zero-order valence-electron chi connectivity index (χ0n) is 16.2. The highest BCUT2D eigenvalue weighted by atomic mass is 127. The molecule has 1 aromatic heterocycles. The van der Waals surface area contributed by atoms with Gasteiger partial charge in [-0.15, -0.1) is 24.0 Å². The van der Waals surface area contributed by atoms with Gasteiger partial charge in [0.2, 0.25) is 0 Å². The van der Waals surface area contributed by atoms with E-state index in [9.17, 15) is 0 Å². The molecular weight excluding hydrogens is 427 g/mol. The molecule has 0 aromatic carbocycles. The first-order chi connectivity index (χ1) is 11.7. The fourth-order valence-electron chi connectivity index (χ4n) is 3.67. The van der Waals surface area contributed by atoms with Crippen LogP contribution in [0.1, 0.15) is 45.2 Å². The normalized spacial score (nSPS) is 16.8. The van der Waals surface area contributed by atoms with Crippen molar-refractivity contribution < 1.29 is 0 Å². The Balaban J connectivity index is 0.00000312. The molecule has 25 heavy (non-hydrogen) atoms. The monoisotopic (exact) mass is 462 g/mol. The van der Waals surface area contributed by atoms with E-state index in [0.717, 1.165) is 30.7 Å². The number of nitrogens with zero attached hydrogens (tertiary/aromatic N) is 4. The lowest BCUT2D eigenvalue weighted by Gasteiger charge is -2.34. The van der Waals surface area contributed by atoms with Crippen LogP contribution in [0.5, 0.6) is 0 Å². The molecule has 1 unspecified atom stereocenters. The molecule has 6 nitrogen and oxygen atoms in total. The summed E-state index contributed by atoms with van der Waals surface area (Å²) in [6, 6.07) is 2.62. The molecule has 1 fully saturated rings.